The quantitative estimate of drug-likeness (QED) is 0.789. The number of aromatic carboxylic acids is 1. The third kappa shape index (κ3) is 5.19. The zero-order chi connectivity index (χ0) is 18.7. The molecule has 0 fully saturated rings. The van der Waals surface area contributed by atoms with Crippen LogP contribution in [0.3, 0.4) is 0 Å². The summed E-state index contributed by atoms with van der Waals surface area (Å²) < 4.78 is 26.4. The van der Waals surface area contributed by atoms with Crippen molar-refractivity contribution in [2.45, 2.75) is 38.1 Å². The van der Waals surface area contributed by atoms with E-state index in [1.54, 1.807) is 27.7 Å². The van der Waals surface area contributed by atoms with Gasteiger partial charge in [-0.05, 0) is 39.0 Å². The number of hydrogen-bond acceptors (Lipinski definition) is 4. The molecular weight excluding hydrogens is 356 g/mol. The number of nitrogens with zero attached hydrogens (tertiary/aromatic N) is 1. The van der Waals surface area contributed by atoms with E-state index < -0.39 is 27.4 Å². The summed E-state index contributed by atoms with van der Waals surface area (Å²) in [6, 6.07) is 3.41. The van der Waals surface area contributed by atoms with E-state index in [1.165, 1.54) is 12.1 Å². The van der Waals surface area contributed by atoms with Crippen LogP contribution in [0.5, 0.6) is 0 Å². The van der Waals surface area contributed by atoms with E-state index in [1.807, 2.05) is 0 Å². The highest BCUT2D eigenvalue weighted by Gasteiger charge is 2.29. The van der Waals surface area contributed by atoms with E-state index in [-0.39, 0.29) is 28.6 Å². The van der Waals surface area contributed by atoms with Crippen LogP contribution in [0.1, 0.15) is 38.1 Å². The summed E-state index contributed by atoms with van der Waals surface area (Å²) in [5.41, 5.74) is -0.700. The number of carboxylic acid groups (broad SMARTS) is 1. The van der Waals surface area contributed by atoms with Crippen LogP contribution >= 0.6 is 11.6 Å². The van der Waals surface area contributed by atoms with Crippen LogP contribution in [0, 0.1) is 0 Å². The average molecular weight is 377 g/mol. The van der Waals surface area contributed by atoms with Crippen molar-refractivity contribution >= 4 is 33.5 Å². The lowest BCUT2D eigenvalue weighted by Crippen LogP contribution is -2.47. The number of hydrogen-bond donors (Lipinski definition) is 2. The van der Waals surface area contributed by atoms with Gasteiger partial charge in [0.05, 0.1) is 17.1 Å². The molecule has 2 N–H and O–H groups in total. The molecule has 0 radical (unpaired) electrons. The fourth-order valence-electron chi connectivity index (χ4n) is 1.96. The number of carbonyl (C=O) groups is 2. The van der Waals surface area contributed by atoms with Gasteiger partial charge >= 0.3 is 5.97 Å². The normalized spacial score (nSPS) is 12.2. The SMILES string of the molecule is CCN(CC(=O)NC(C)(C)C)S(=O)(=O)c1cc(C(=O)O)ccc1Cl. The van der Waals surface area contributed by atoms with E-state index in [0.717, 1.165) is 10.4 Å². The van der Waals surface area contributed by atoms with Gasteiger partial charge in [0.1, 0.15) is 4.90 Å². The summed E-state index contributed by atoms with van der Waals surface area (Å²) in [5, 5.41) is 11.6. The molecule has 7 nitrogen and oxygen atoms in total. The minimum atomic E-state index is -4.11. The van der Waals surface area contributed by atoms with Gasteiger partial charge in [-0.2, -0.15) is 4.31 Å². The van der Waals surface area contributed by atoms with Gasteiger partial charge in [0.2, 0.25) is 15.9 Å². The molecule has 1 amide bonds. The summed E-state index contributed by atoms with van der Waals surface area (Å²) in [6.07, 6.45) is 0. The van der Waals surface area contributed by atoms with Crippen LogP contribution in [-0.4, -0.2) is 48.3 Å². The number of benzene rings is 1. The fourth-order valence-corrected chi connectivity index (χ4v) is 3.86. The molecule has 0 aliphatic carbocycles. The van der Waals surface area contributed by atoms with Gasteiger partial charge in [-0.15, -0.1) is 0 Å². The van der Waals surface area contributed by atoms with Crippen LogP contribution < -0.4 is 5.32 Å². The summed E-state index contributed by atoms with van der Waals surface area (Å²) in [6.45, 7) is 6.57. The zero-order valence-electron chi connectivity index (χ0n) is 14.0. The highest BCUT2D eigenvalue weighted by atomic mass is 35.5. The Morgan fingerprint density at radius 1 is 1.29 bits per heavy atom. The third-order valence-corrected chi connectivity index (χ3v) is 5.39. The number of halogens is 1. The molecule has 0 spiro atoms. The Bertz CT molecular complexity index is 741. The molecule has 0 aromatic heterocycles. The van der Waals surface area contributed by atoms with E-state index in [4.69, 9.17) is 16.7 Å². The zero-order valence-corrected chi connectivity index (χ0v) is 15.5. The molecule has 0 unspecified atom stereocenters. The number of likely N-dealkylation sites (N-methyl/N-ethyl adjacent to an activating group) is 1. The Morgan fingerprint density at radius 2 is 1.88 bits per heavy atom. The Morgan fingerprint density at radius 3 is 2.33 bits per heavy atom. The molecule has 1 aromatic rings. The van der Waals surface area contributed by atoms with E-state index in [9.17, 15) is 18.0 Å². The highest BCUT2D eigenvalue weighted by Crippen LogP contribution is 2.26. The number of rotatable bonds is 6. The number of amides is 1. The Kier molecular flexibility index (Phi) is 6.38. The van der Waals surface area contributed by atoms with Gasteiger partial charge in [-0.1, -0.05) is 18.5 Å². The van der Waals surface area contributed by atoms with Crippen molar-refractivity contribution in [3.63, 3.8) is 0 Å². The maximum absolute atomic E-state index is 12.7. The first-order chi connectivity index (χ1) is 10.9. The first kappa shape index (κ1) is 20.4. The number of carboxylic acids is 1. The van der Waals surface area contributed by atoms with Crippen LogP contribution in [0.15, 0.2) is 23.1 Å². The molecule has 0 saturated heterocycles. The minimum absolute atomic E-state index is 0.0352. The standard InChI is InChI=1S/C15H21ClN2O5S/c1-5-18(9-13(19)17-15(2,3)4)24(22,23)12-8-10(14(20)21)6-7-11(12)16/h6-8H,5,9H2,1-4H3,(H,17,19)(H,20,21). The summed E-state index contributed by atoms with van der Waals surface area (Å²) in [7, 11) is -4.11. The highest BCUT2D eigenvalue weighted by molar-refractivity contribution is 7.89. The van der Waals surface area contributed by atoms with Crippen molar-refractivity contribution in [3.8, 4) is 0 Å². The molecule has 1 aromatic carbocycles. The lowest BCUT2D eigenvalue weighted by molar-refractivity contribution is -0.122. The summed E-state index contributed by atoms with van der Waals surface area (Å²) >= 11 is 5.93. The average Bonchev–Trinajstić information content (AvgIpc) is 2.42. The molecule has 134 valence electrons. The summed E-state index contributed by atoms with van der Waals surface area (Å²) in [5.74, 6) is -1.73. The predicted molar refractivity (Wildman–Crippen MR) is 90.7 cm³/mol. The third-order valence-electron chi connectivity index (χ3n) is 2.98. The predicted octanol–water partition coefficient (Wildman–Crippen LogP) is 1.96. The monoisotopic (exact) mass is 376 g/mol. The van der Waals surface area contributed by atoms with Crippen molar-refractivity contribution < 1.29 is 23.1 Å². The maximum Gasteiger partial charge on any atom is 0.335 e. The smallest absolute Gasteiger partial charge is 0.335 e. The van der Waals surface area contributed by atoms with Crippen molar-refractivity contribution in [2.75, 3.05) is 13.1 Å². The van der Waals surface area contributed by atoms with E-state index >= 15 is 0 Å². The van der Waals surface area contributed by atoms with Gasteiger partial charge in [0, 0.05) is 12.1 Å². The molecule has 24 heavy (non-hydrogen) atoms. The Hall–Kier alpha value is -1.64. The molecule has 0 aliphatic heterocycles. The first-order valence-electron chi connectivity index (χ1n) is 7.22. The Balaban J connectivity index is 3.19. The molecule has 1 rings (SSSR count). The van der Waals surface area contributed by atoms with Gasteiger partial charge in [-0.25, -0.2) is 13.2 Å². The molecule has 9 heteroatoms. The van der Waals surface area contributed by atoms with Gasteiger partial charge in [0.25, 0.3) is 0 Å². The van der Waals surface area contributed by atoms with Gasteiger partial charge < -0.3 is 10.4 Å². The number of nitrogens with one attached hydrogen (secondary N) is 1. The molecule has 0 atom stereocenters. The molecular formula is C15H21ClN2O5S. The second-order valence-corrected chi connectivity index (χ2v) is 8.49. The number of sulfonamides is 1. The van der Waals surface area contributed by atoms with E-state index in [0.29, 0.717) is 0 Å². The fraction of sp³-hybridized carbons (Fsp3) is 0.467. The topological polar surface area (TPSA) is 104 Å². The molecule has 0 aliphatic rings. The van der Waals surface area contributed by atoms with Crippen LogP contribution in [0.4, 0.5) is 0 Å². The lowest BCUT2D eigenvalue weighted by atomic mass is 10.1. The van der Waals surface area contributed by atoms with Crippen molar-refractivity contribution in [1.82, 2.24) is 9.62 Å². The summed E-state index contributed by atoms with van der Waals surface area (Å²) in [4.78, 5) is 22.7. The van der Waals surface area contributed by atoms with Gasteiger partial charge in [0.15, 0.2) is 0 Å². The molecule has 0 bridgehead atoms. The molecule has 0 saturated carbocycles. The van der Waals surface area contributed by atoms with E-state index in [2.05, 4.69) is 5.32 Å². The van der Waals surface area contributed by atoms with Crippen molar-refractivity contribution in [2.24, 2.45) is 0 Å². The maximum atomic E-state index is 12.7. The second kappa shape index (κ2) is 7.50. The van der Waals surface area contributed by atoms with Crippen molar-refractivity contribution in [3.05, 3.63) is 28.8 Å². The molecule has 0 heterocycles. The van der Waals surface area contributed by atoms with Crippen LogP contribution in [0.25, 0.3) is 0 Å². The number of carbonyl (C=O) groups excluding carboxylic acids is 1. The lowest BCUT2D eigenvalue weighted by Gasteiger charge is -2.25. The largest absolute Gasteiger partial charge is 0.478 e. The first-order valence-corrected chi connectivity index (χ1v) is 9.04. The Labute approximate surface area is 146 Å². The van der Waals surface area contributed by atoms with Crippen LogP contribution in [0.2, 0.25) is 5.02 Å². The second-order valence-electron chi connectivity index (χ2n) is 6.18. The minimum Gasteiger partial charge on any atom is -0.478 e. The van der Waals surface area contributed by atoms with Crippen LogP contribution in [-0.2, 0) is 14.8 Å². The van der Waals surface area contributed by atoms with Gasteiger partial charge in [-0.3, -0.25) is 4.79 Å². The van der Waals surface area contributed by atoms with Crippen molar-refractivity contribution in [1.29, 1.82) is 0 Å².